The van der Waals surface area contributed by atoms with Gasteiger partial charge in [-0.3, -0.25) is 0 Å². The molecule has 0 atom stereocenters. The van der Waals surface area contributed by atoms with Crippen molar-refractivity contribution in [1.29, 1.82) is 0 Å². The topological polar surface area (TPSA) is 20.2 Å². The molecule has 0 aliphatic rings. The Bertz CT molecular complexity index is 491. The predicted molar refractivity (Wildman–Crippen MR) is 79.1 cm³/mol. The highest BCUT2D eigenvalue weighted by Crippen LogP contribution is 2.24. The number of aliphatic hydroxyl groups excluding tert-OH is 1. The predicted octanol–water partition coefficient (Wildman–Crippen LogP) is 4.00. The first-order valence-corrected chi connectivity index (χ1v) is 7.25. The average Bonchev–Trinajstić information content (AvgIpc) is 2.41. The molecule has 18 heavy (non-hydrogen) atoms. The Morgan fingerprint density at radius 1 is 1.00 bits per heavy atom. The Hall–Kier alpha value is -1.25. The van der Waals surface area contributed by atoms with Gasteiger partial charge in [-0.2, -0.15) is 0 Å². The molecule has 0 saturated heterocycles. The smallest absolute Gasteiger partial charge is 0.0471 e. The number of aliphatic hydroxyl groups is 1. The van der Waals surface area contributed by atoms with E-state index in [1.54, 1.807) is 0 Å². The summed E-state index contributed by atoms with van der Waals surface area (Å²) in [6.07, 6.45) is 0.720. The van der Waals surface area contributed by atoms with E-state index >= 15 is 0 Å². The van der Waals surface area contributed by atoms with Crippen LogP contribution in [0.1, 0.15) is 12.5 Å². The molecular weight excluding hydrogens is 240 g/mol. The normalized spacial score (nSPS) is 10.6. The van der Waals surface area contributed by atoms with E-state index in [2.05, 4.69) is 55.5 Å². The second-order valence-electron chi connectivity index (χ2n) is 4.13. The van der Waals surface area contributed by atoms with E-state index in [1.165, 1.54) is 21.6 Å². The molecule has 0 unspecified atom stereocenters. The molecule has 94 valence electrons. The van der Waals surface area contributed by atoms with Gasteiger partial charge in [0.05, 0.1) is 0 Å². The van der Waals surface area contributed by atoms with Crippen LogP contribution in [0.25, 0.3) is 11.1 Å². The summed E-state index contributed by atoms with van der Waals surface area (Å²) in [6, 6.07) is 17.0. The zero-order valence-electron chi connectivity index (χ0n) is 10.6. The fourth-order valence-electron chi connectivity index (χ4n) is 1.95. The van der Waals surface area contributed by atoms with Crippen molar-refractivity contribution in [3.05, 3.63) is 54.1 Å². The highest BCUT2D eigenvalue weighted by atomic mass is 32.2. The minimum atomic E-state index is 0.204. The van der Waals surface area contributed by atoms with Gasteiger partial charge in [0.25, 0.3) is 0 Å². The number of hydrogen-bond donors (Lipinski definition) is 1. The van der Waals surface area contributed by atoms with Gasteiger partial charge in [0.2, 0.25) is 0 Å². The van der Waals surface area contributed by atoms with Gasteiger partial charge < -0.3 is 5.11 Å². The first-order chi connectivity index (χ1) is 8.83. The molecule has 1 N–H and O–H groups in total. The lowest BCUT2D eigenvalue weighted by molar-refractivity contribution is 0.299. The maximum Gasteiger partial charge on any atom is 0.0471 e. The number of thioether (sulfide) groups is 1. The van der Waals surface area contributed by atoms with Crippen LogP contribution in [-0.2, 0) is 6.42 Å². The zero-order chi connectivity index (χ0) is 12.8. The van der Waals surface area contributed by atoms with E-state index in [0.717, 1.165) is 12.2 Å². The summed E-state index contributed by atoms with van der Waals surface area (Å²) in [6.45, 7) is 2.37. The van der Waals surface area contributed by atoms with Crippen LogP contribution in [0.4, 0.5) is 0 Å². The largest absolute Gasteiger partial charge is 0.396 e. The Kier molecular flexibility index (Phi) is 4.85. The SMILES string of the molecule is CCSc1ccc(-c2cccc(CCO)c2)cc1. The number of benzene rings is 2. The summed E-state index contributed by atoms with van der Waals surface area (Å²) in [5.74, 6) is 1.10. The molecule has 0 heterocycles. The fourth-order valence-corrected chi connectivity index (χ4v) is 2.61. The van der Waals surface area contributed by atoms with Crippen LogP contribution in [0.15, 0.2) is 53.4 Å². The summed E-state index contributed by atoms with van der Waals surface area (Å²) in [7, 11) is 0. The molecule has 0 amide bonds. The third kappa shape index (κ3) is 3.37. The van der Waals surface area contributed by atoms with Crippen molar-refractivity contribution in [2.24, 2.45) is 0 Å². The number of hydrogen-bond acceptors (Lipinski definition) is 2. The van der Waals surface area contributed by atoms with Crippen molar-refractivity contribution in [2.75, 3.05) is 12.4 Å². The Balaban J connectivity index is 2.22. The van der Waals surface area contributed by atoms with Crippen LogP contribution >= 0.6 is 11.8 Å². The molecule has 2 rings (SSSR count). The lowest BCUT2D eigenvalue weighted by Crippen LogP contribution is -1.90. The molecule has 0 aliphatic carbocycles. The van der Waals surface area contributed by atoms with Crippen LogP contribution in [0.2, 0.25) is 0 Å². The summed E-state index contributed by atoms with van der Waals surface area (Å²) in [4.78, 5) is 1.31. The third-order valence-electron chi connectivity index (χ3n) is 2.83. The van der Waals surface area contributed by atoms with Gasteiger partial charge in [-0.25, -0.2) is 0 Å². The molecule has 0 saturated carbocycles. The second-order valence-corrected chi connectivity index (χ2v) is 5.47. The molecular formula is C16H18OS. The maximum atomic E-state index is 8.97. The molecule has 0 aromatic heterocycles. The first kappa shape index (κ1) is 13.2. The van der Waals surface area contributed by atoms with Crippen LogP contribution in [0.5, 0.6) is 0 Å². The minimum absolute atomic E-state index is 0.204. The molecule has 0 radical (unpaired) electrons. The fraction of sp³-hybridized carbons (Fsp3) is 0.250. The Morgan fingerprint density at radius 3 is 2.44 bits per heavy atom. The Morgan fingerprint density at radius 2 is 1.78 bits per heavy atom. The lowest BCUT2D eigenvalue weighted by atomic mass is 10.0. The summed E-state index contributed by atoms with van der Waals surface area (Å²) in [5, 5.41) is 8.97. The highest BCUT2D eigenvalue weighted by molar-refractivity contribution is 7.99. The molecule has 0 spiro atoms. The van der Waals surface area contributed by atoms with E-state index in [9.17, 15) is 0 Å². The molecule has 2 aromatic rings. The minimum Gasteiger partial charge on any atom is -0.396 e. The average molecular weight is 258 g/mol. The van der Waals surface area contributed by atoms with Gasteiger partial charge in [-0.05, 0) is 41.0 Å². The van der Waals surface area contributed by atoms with Gasteiger partial charge in [-0.15, -0.1) is 11.8 Å². The van der Waals surface area contributed by atoms with E-state index in [1.807, 2.05) is 11.8 Å². The monoisotopic (exact) mass is 258 g/mol. The second kappa shape index (κ2) is 6.62. The lowest BCUT2D eigenvalue weighted by Gasteiger charge is -2.06. The van der Waals surface area contributed by atoms with Crippen molar-refractivity contribution >= 4 is 11.8 Å². The van der Waals surface area contributed by atoms with Crippen LogP contribution < -0.4 is 0 Å². The molecule has 2 aromatic carbocycles. The quantitative estimate of drug-likeness (QED) is 0.818. The molecule has 1 nitrogen and oxygen atoms in total. The van der Waals surface area contributed by atoms with E-state index in [-0.39, 0.29) is 6.61 Å². The standard InChI is InChI=1S/C16H18OS/c1-2-18-16-8-6-14(7-9-16)15-5-3-4-13(12-15)10-11-17/h3-9,12,17H,2,10-11H2,1H3. The van der Waals surface area contributed by atoms with Gasteiger partial charge in [-0.1, -0.05) is 43.3 Å². The summed E-state index contributed by atoms with van der Waals surface area (Å²) < 4.78 is 0. The van der Waals surface area contributed by atoms with Crippen molar-refractivity contribution in [1.82, 2.24) is 0 Å². The van der Waals surface area contributed by atoms with Crippen molar-refractivity contribution in [3.8, 4) is 11.1 Å². The van der Waals surface area contributed by atoms with Gasteiger partial charge in [0, 0.05) is 11.5 Å². The number of rotatable bonds is 5. The highest BCUT2D eigenvalue weighted by Gasteiger charge is 2.00. The zero-order valence-corrected chi connectivity index (χ0v) is 11.4. The molecule has 0 bridgehead atoms. The molecule has 2 heteroatoms. The molecule has 0 aliphatic heterocycles. The van der Waals surface area contributed by atoms with Gasteiger partial charge in [0.15, 0.2) is 0 Å². The first-order valence-electron chi connectivity index (χ1n) is 6.26. The van der Waals surface area contributed by atoms with Crippen LogP contribution in [0, 0.1) is 0 Å². The summed E-state index contributed by atoms with van der Waals surface area (Å²) in [5.41, 5.74) is 3.63. The van der Waals surface area contributed by atoms with Crippen molar-refractivity contribution in [2.45, 2.75) is 18.2 Å². The third-order valence-corrected chi connectivity index (χ3v) is 3.72. The van der Waals surface area contributed by atoms with Gasteiger partial charge >= 0.3 is 0 Å². The maximum absolute atomic E-state index is 8.97. The van der Waals surface area contributed by atoms with Gasteiger partial charge in [0.1, 0.15) is 0 Å². The van der Waals surface area contributed by atoms with Crippen LogP contribution in [0.3, 0.4) is 0 Å². The van der Waals surface area contributed by atoms with E-state index in [0.29, 0.717) is 0 Å². The summed E-state index contributed by atoms with van der Waals surface area (Å²) >= 11 is 1.86. The van der Waals surface area contributed by atoms with E-state index < -0.39 is 0 Å². The molecule has 0 fully saturated rings. The van der Waals surface area contributed by atoms with Crippen molar-refractivity contribution in [3.63, 3.8) is 0 Å². The Labute approximate surface area is 113 Å². The van der Waals surface area contributed by atoms with E-state index in [4.69, 9.17) is 5.11 Å². The van der Waals surface area contributed by atoms with Crippen molar-refractivity contribution < 1.29 is 5.11 Å². The van der Waals surface area contributed by atoms with Crippen LogP contribution in [-0.4, -0.2) is 17.5 Å².